The summed E-state index contributed by atoms with van der Waals surface area (Å²) < 4.78 is 40.0. The third-order valence-corrected chi connectivity index (χ3v) is 3.40. The van der Waals surface area contributed by atoms with Crippen LogP contribution in [-0.2, 0) is 0 Å². The van der Waals surface area contributed by atoms with Crippen molar-refractivity contribution >= 4 is 5.91 Å². The van der Waals surface area contributed by atoms with Crippen molar-refractivity contribution in [1.29, 1.82) is 0 Å². The zero-order valence-electron chi connectivity index (χ0n) is 11.6. The molecule has 0 spiro atoms. The van der Waals surface area contributed by atoms with Crippen LogP contribution in [0.2, 0.25) is 0 Å². The van der Waals surface area contributed by atoms with Crippen molar-refractivity contribution in [3.8, 4) is 5.75 Å². The van der Waals surface area contributed by atoms with E-state index in [0.717, 1.165) is 25.1 Å². The molecule has 1 aromatic rings. The molecular weight excluding hydrogens is 285 g/mol. The standard InChI is InChI=1S/C14H17F3N2O2/c1-18-8-10-6-7-19(9-10)13(20)11-2-4-12(5-3-11)21-14(15,16)17/h2-5,10,18H,6-9H2,1H3/t10-/m1/s1. The molecule has 2 rings (SSSR count). The van der Waals surface area contributed by atoms with Gasteiger partial charge in [-0.15, -0.1) is 13.2 Å². The molecule has 116 valence electrons. The van der Waals surface area contributed by atoms with Gasteiger partial charge in [-0.2, -0.15) is 0 Å². The maximum absolute atomic E-state index is 12.2. The predicted molar refractivity (Wildman–Crippen MR) is 71.1 cm³/mol. The van der Waals surface area contributed by atoms with Crippen LogP contribution in [0.1, 0.15) is 16.8 Å². The summed E-state index contributed by atoms with van der Waals surface area (Å²) in [6.07, 6.45) is -3.79. The van der Waals surface area contributed by atoms with E-state index < -0.39 is 6.36 Å². The van der Waals surface area contributed by atoms with E-state index in [9.17, 15) is 18.0 Å². The number of benzene rings is 1. The molecule has 1 aliphatic rings. The highest BCUT2D eigenvalue weighted by Gasteiger charge is 2.31. The Balaban J connectivity index is 1.97. The smallest absolute Gasteiger partial charge is 0.406 e. The molecule has 7 heteroatoms. The summed E-state index contributed by atoms with van der Waals surface area (Å²) in [5, 5.41) is 3.08. The zero-order chi connectivity index (χ0) is 15.5. The van der Waals surface area contributed by atoms with Gasteiger partial charge in [0.25, 0.3) is 5.91 Å². The third-order valence-electron chi connectivity index (χ3n) is 3.40. The van der Waals surface area contributed by atoms with E-state index >= 15 is 0 Å². The Morgan fingerprint density at radius 2 is 2.05 bits per heavy atom. The number of carbonyl (C=O) groups excluding carboxylic acids is 1. The number of halogens is 3. The Bertz CT molecular complexity index is 488. The SMILES string of the molecule is CNC[C@H]1CCN(C(=O)c2ccc(OC(F)(F)F)cc2)C1. The first-order valence-corrected chi connectivity index (χ1v) is 6.69. The quantitative estimate of drug-likeness (QED) is 0.927. The van der Waals surface area contributed by atoms with Crippen molar-refractivity contribution in [2.24, 2.45) is 5.92 Å². The maximum atomic E-state index is 12.2. The molecule has 1 amide bonds. The van der Waals surface area contributed by atoms with Crippen LogP contribution in [0.4, 0.5) is 13.2 Å². The molecule has 1 saturated heterocycles. The second-order valence-corrected chi connectivity index (χ2v) is 5.04. The molecule has 0 saturated carbocycles. The van der Waals surface area contributed by atoms with Gasteiger partial charge < -0.3 is 15.0 Å². The lowest BCUT2D eigenvalue weighted by Crippen LogP contribution is -2.30. The van der Waals surface area contributed by atoms with E-state index in [1.807, 2.05) is 7.05 Å². The molecule has 1 aromatic carbocycles. The molecule has 0 bridgehead atoms. The molecule has 0 aromatic heterocycles. The lowest BCUT2D eigenvalue weighted by molar-refractivity contribution is -0.274. The first-order valence-electron chi connectivity index (χ1n) is 6.69. The fourth-order valence-corrected chi connectivity index (χ4v) is 2.45. The maximum Gasteiger partial charge on any atom is 0.573 e. The van der Waals surface area contributed by atoms with Gasteiger partial charge in [0.2, 0.25) is 0 Å². The van der Waals surface area contributed by atoms with Gasteiger partial charge in [-0.1, -0.05) is 0 Å². The Kier molecular flexibility index (Phi) is 4.72. The van der Waals surface area contributed by atoms with Crippen LogP contribution in [0.15, 0.2) is 24.3 Å². The molecule has 0 aliphatic carbocycles. The van der Waals surface area contributed by atoms with Gasteiger partial charge in [0, 0.05) is 18.7 Å². The van der Waals surface area contributed by atoms with Crippen LogP contribution in [0.5, 0.6) is 5.75 Å². The average molecular weight is 302 g/mol. The summed E-state index contributed by atoms with van der Waals surface area (Å²) in [7, 11) is 1.86. The number of rotatable bonds is 4. The van der Waals surface area contributed by atoms with Gasteiger partial charge in [0.15, 0.2) is 0 Å². The topological polar surface area (TPSA) is 41.6 Å². The van der Waals surface area contributed by atoms with Gasteiger partial charge in [-0.3, -0.25) is 4.79 Å². The molecule has 1 aliphatic heterocycles. The van der Waals surface area contributed by atoms with Gasteiger partial charge >= 0.3 is 6.36 Å². The summed E-state index contributed by atoms with van der Waals surface area (Å²) in [5.74, 6) is -0.0625. The van der Waals surface area contributed by atoms with Crippen molar-refractivity contribution in [2.75, 3.05) is 26.7 Å². The molecule has 0 radical (unpaired) electrons. The van der Waals surface area contributed by atoms with Crippen LogP contribution < -0.4 is 10.1 Å². The lowest BCUT2D eigenvalue weighted by atomic mass is 10.1. The van der Waals surface area contributed by atoms with E-state index in [1.54, 1.807) is 4.90 Å². The lowest BCUT2D eigenvalue weighted by Gasteiger charge is -2.17. The minimum absolute atomic E-state index is 0.160. The monoisotopic (exact) mass is 302 g/mol. The first kappa shape index (κ1) is 15.6. The number of nitrogens with zero attached hydrogens (tertiary/aromatic N) is 1. The van der Waals surface area contributed by atoms with E-state index in [0.29, 0.717) is 24.6 Å². The second kappa shape index (κ2) is 6.34. The average Bonchev–Trinajstić information content (AvgIpc) is 2.86. The highest BCUT2D eigenvalue weighted by Crippen LogP contribution is 2.24. The van der Waals surface area contributed by atoms with Crippen molar-refractivity contribution in [3.63, 3.8) is 0 Å². The molecule has 21 heavy (non-hydrogen) atoms. The number of hydrogen-bond donors (Lipinski definition) is 1. The van der Waals surface area contributed by atoms with E-state index in [2.05, 4.69) is 10.1 Å². The Morgan fingerprint density at radius 3 is 2.62 bits per heavy atom. The molecule has 1 atom stereocenters. The number of nitrogens with one attached hydrogen (secondary N) is 1. The van der Waals surface area contributed by atoms with Crippen LogP contribution in [-0.4, -0.2) is 43.9 Å². The number of carbonyl (C=O) groups is 1. The van der Waals surface area contributed by atoms with Gasteiger partial charge in [0.05, 0.1) is 0 Å². The largest absolute Gasteiger partial charge is 0.573 e. The zero-order valence-corrected chi connectivity index (χ0v) is 11.6. The second-order valence-electron chi connectivity index (χ2n) is 5.04. The molecule has 1 N–H and O–H groups in total. The number of amides is 1. The number of likely N-dealkylation sites (tertiary alicyclic amines) is 1. The van der Waals surface area contributed by atoms with Crippen molar-refractivity contribution in [2.45, 2.75) is 12.8 Å². The van der Waals surface area contributed by atoms with E-state index in [1.165, 1.54) is 12.1 Å². The van der Waals surface area contributed by atoms with Gasteiger partial charge in [0.1, 0.15) is 5.75 Å². The summed E-state index contributed by atoms with van der Waals surface area (Å²) in [5.41, 5.74) is 0.370. The van der Waals surface area contributed by atoms with Crippen LogP contribution in [0.3, 0.4) is 0 Å². The normalized spacial score (nSPS) is 18.9. The summed E-state index contributed by atoms with van der Waals surface area (Å²) >= 11 is 0. The minimum atomic E-state index is -4.72. The fourth-order valence-electron chi connectivity index (χ4n) is 2.45. The van der Waals surface area contributed by atoms with Crippen LogP contribution >= 0.6 is 0 Å². The van der Waals surface area contributed by atoms with Crippen molar-refractivity contribution in [3.05, 3.63) is 29.8 Å². The van der Waals surface area contributed by atoms with Gasteiger partial charge in [-0.05, 0) is 50.2 Å². The Labute approximate surface area is 120 Å². The molecule has 4 nitrogen and oxygen atoms in total. The number of ether oxygens (including phenoxy) is 1. The summed E-state index contributed by atoms with van der Waals surface area (Å²) in [4.78, 5) is 14.0. The summed E-state index contributed by atoms with van der Waals surface area (Å²) in [6, 6.07) is 5.02. The highest BCUT2D eigenvalue weighted by atomic mass is 19.4. The molecule has 0 unspecified atom stereocenters. The predicted octanol–water partition coefficient (Wildman–Crippen LogP) is 2.27. The third kappa shape index (κ3) is 4.35. The molecular formula is C14H17F3N2O2. The fraction of sp³-hybridized carbons (Fsp3) is 0.500. The minimum Gasteiger partial charge on any atom is -0.406 e. The molecule has 1 heterocycles. The van der Waals surface area contributed by atoms with E-state index in [-0.39, 0.29) is 11.7 Å². The Hall–Kier alpha value is -1.76. The summed E-state index contributed by atoms with van der Waals surface area (Å²) in [6.45, 7) is 2.19. The van der Waals surface area contributed by atoms with Crippen molar-refractivity contribution < 1.29 is 22.7 Å². The van der Waals surface area contributed by atoms with Crippen LogP contribution in [0, 0.1) is 5.92 Å². The van der Waals surface area contributed by atoms with E-state index in [4.69, 9.17) is 0 Å². The van der Waals surface area contributed by atoms with Crippen molar-refractivity contribution in [1.82, 2.24) is 10.2 Å². The highest BCUT2D eigenvalue weighted by molar-refractivity contribution is 5.94. The molecule has 1 fully saturated rings. The number of alkyl halides is 3. The van der Waals surface area contributed by atoms with Gasteiger partial charge in [-0.25, -0.2) is 0 Å². The first-order chi connectivity index (χ1) is 9.89. The Morgan fingerprint density at radius 1 is 1.38 bits per heavy atom. The number of hydrogen-bond acceptors (Lipinski definition) is 3. The van der Waals surface area contributed by atoms with Crippen LogP contribution in [0.25, 0.3) is 0 Å².